The Bertz CT molecular complexity index is 1320. The molecule has 1 amide bonds. The number of nitrogens with one attached hydrogen (secondary N) is 1. The maximum Gasteiger partial charge on any atom is 0.306 e. The molecule has 0 heterocycles. The quantitative estimate of drug-likeness (QED) is 0.0212. The van der Waals surface area contributed by atoms with Crippen molar-refractivity contribution >= 4 is 19.7 Å². The number of phosphoric acid groups is 1. The monoisotopic (exact) mass is 1110 g/mol. The van der Waals surface area contributed by atoms with E-state index in [1.54, 1.807) is 0 Å². The van der Waals surface area contributed by atoms with Crippen molar-refractivity contribution in [2.45, 2.75) is 367 Å². The summed E-state index contributed by atoms with van der Waals surface area (Å²) in [7, 11) is 1.21. The Morgan fingerprint density at radius 2 is 0.740 bits per heavy atom. The van der Waals surface area contributed by atoms with Crippen molar-refractivity contribution in [2.75, 3.05) is 40.9 Å². The van der Waals surface area contributed by atoms with Gasteiger partial charge in [0, 0.05) is 12.8 Å². The van der Waals surface area contributed by atoms with Gasteiger partial charge in [0.05, 0.1) is 33.8 Å². The highest BCUT2D eigenvalue weighted by Crippen LogP contribution is 2.38. The first-order valence-corrected chi connectivity index (χ1v) is 35.5. The number of ether oxygens (including phenoxy) is 1. The van der Waals surface area contributed by atoms with Crippen molar-refractivity contribution in [1.29, 1.82) is 0 Å². The number of likely N-dealkylation sites (N-methyl/N-ethyl adjacent to an activating group) is 1. The number of rotatable bonds is 63. The van der Waals surface area contributed by atoms with Crippen LogP contribution in [-0.4, -0.2) is 69.4 Å². The molecule has 0 fully saturated rings. The predicted octanol–water partition coefficient (Wildman–Crippen LogP) is 20.5. The van der Waals surface area contributed by atoms with Gasteiger partial charge in [-0.25, -0.2) is 0 Å². The molecule has 0 aromatic carbocycles. The van der Waals surface area contributed by atoms with Gasteiger partial charge in [-0.1, -0.05) is 322 Å². The minimum absolute atomic E-state index is 0.0166. The number of allylic oxidation sites excluding steroid dienone is 1. The Kier molecular flexibility index (Phi) is 57.0. The fraction of sp³-hybridized carbons (Fsp3) is 0.940. The summed E-state index contributed by atoms with van der Waals surface area (Å²) in [6.07, 6.45) is 67.6. The van der Waals surface area contributed by atoms with E-state index in [4.69, 9.17) is 13.8 Å². The number of quaternary nitrogens is 1. The summed E-state index contributed by atoms with van der Waals surface area (Å²) < 4.78 is 30.4. The van der Waals surface area contributed by atoms with Crippen LogP contribution in [0.2, 0.25) is 0 Å². The first-order chi connectivity index (χ1) is 37.4. The van der Waals surface area contributed by atoms with Crippen LogP contribution in [0.1, 0.15) is 355 Å². The third-order valence-electron chi connectivity index (χ3n) is 15.7. The largest absolute Gasteiger partial charge is 0.756 e. The molecule has 0 saturated heterocycles. The summed E-state index contributed by atoms with van der Waals surface area (Å²) >= 11 is 0. The van der Waals surface area contributed by atoms with Gasteiger partial charge in [-0.15, -0.1) is 0 Å². The third-order valence-corrected chi connectivity index (χ3v) is 16.7. The highest BCUT2D eigenvalue weighted by molar-refractivity contribution is 7.45. The highest BCUT2D eigenvalue weighted by atomic mass is 31.2. The van der Waals surface area contributed by atoms with Crippen molar-refractivity contribution in [3.8, 4) is 0 Å². The second-order valence-corrected chi connectivity index (χ2v) is 26.1. The maximum absolute atomic E-state index is 13.6. The lowest BCUT2D eigenvalue weighted by Gasteiger charge is -2.30. The smallest absolute Gasteiger partial charge is 0.306 e. The molecule has 0 radical (unpaired) electrons. The molecule has 3 unspecified atom stereocenters. The van der Waals surface area contributed by atoms with Crippen LogP contribution in [0.4, 0.5) is 0 Å². The SMILES string of the molecule is CCCCCCCCCCC/C=C/C(OC(=O)CCCCCCCCCCCCCCCCCCC)C(COP(=O)([O-])OCC[N+](C)(C)C)NC(=O)CCCCCCCCCCCCCCCCCCCCCCCCC. The summed E-state index contributed by atoms with van der Waals surface area (Å²) in [5, 5.41) is 3.05. The van der Waals surface area contributed by atoms with Crippen LogP contribution in [-0.2, 0) is 27.9 Å². The number of unbranched alkanes of at least 4 members (excludes halogenated alkanes) is 47. The molecule has 0 saturated carbocycles. The summed E-state index contributed by atoms with van der Waals surface area (Å²) in [6.45, 7) is 6.91. The Balaban J connectivity index is 5.03. The molecule has 1 N–H and O–H groups in total. The molecule has 0 aliphatic carbocycles. The Morgan fingerprint density at radius 3 is 1.06 bits per heavy atom. The summed E-state index contributed by atoms with van der Waals surface area (Å²) in [5.74, 6) is -0.516. The van der Waals surface area contributed by atoms with Gasteiger partial charge in [0.15, 0.2) is 0 Å². The van der Waals surface area contributed by atoms with E-state index in [1.807, 2.05) is 33.3 Å². The molecule has 77 heavy (non-hydrogen) atoms. The van der Waals surface area contributed by atoms with E-state index in [2.05, 4.69) is 26.1 Å². The van der Waals surface area contributed by atoms with Crippen LogP contribution in [0.3, 0.4) is 0 Å². The Hall–Kier alpha value is -1.25. The molecule has 0 aromatic heterocycles. The summed E-state index contributed by atoms with van der Waals surface area (Å²) in [5.41, 5.74) is 0. The minimum atomic E-state index is -4.69. The van der Waals surface area contributed by atoms with Gasteiger partial charge >= 0.3 is 5.97 Å². The van der Waals surface area contributed by atoms with E-state index in [1.165, 1.54) is 263 Å². The average molecular weight is 1110 g/mol. The molecule has 9 nitrogen and oxygen atoms in total. The van der Waals surface area contributed by atoms with Crippen molar-refractivity contribution in [3.63, 3.8) is 0 Å². The zero-order valence-electron chi connectivity index (χ0n) is 52.5. The van der Waals surface area contributed by atoms with E-state index in [0.29, 0.717) is 17.4 Å². The number of nitrogens with zero attached hydrogens (tertiary/aromatic N) is 1. The predicted molar refractivity (Wildman–Crippen MR) is 330 cm³/mol. The van der Waals surface area contributed by atoms with Crippen molar-refractivity contribution < 1.29 is 37.3 Å². The molecule has 0 aliphatic rings. The Labute approximate surface area is 480 Å². The lowest BCUT2D eigenvalue weighted by Crippen LogP contribution is -2.47. The van der Waals surface area contributed by atoms with E-state index < -0.39 is 20.0 Å². The van der Waals surface area contributed by atoms with E-state index in [9.17, 15) is 19.0 Å². The standard InChI is InChI=1S/C67H133N2O7P/c1-7-10-13-16-19-22-25-27-29-31-32-33-34-35-36-38-39-41-44-47-50-53-56-59-66(70)68-64(63-75-77(72,73)74-62-61-69(4,5)6)65(58-55-52-49-46-43-24-21-18-15-12-9-3)76-67(71)60-57-54-51-48-45-42-40-37-30-28-26-23-20-17-14-11-8-2/h55,58,64-65H,7-54,56-57,59-63H2,1-6H3,(H-,68,70,72,73)/b58-55+. The molecule has 0 aromatic rings. The number of hydrogen-bond donors (Lipinski definition) is 1. The van der Waals surface area contributed by atoms with Gasteiger partial charge in [0.2, 0.25) is 5.91 Å². The topological polar surface area (TPSA) is 114 Å². The second-order valence-electron chi connectivity index (χ2n) is 24.7. The molecule has 0 spiro atoms. The molecule has 3 atom stereocenters. The molecule has 458 valence electrons. The normalized spacial score (nSPS) is 13.6. The van der Waals surface area contributed by atoms with Gasteiger partial charge in [-0.05, 0) is 31.8 Å². The van der Waals surface area contributed by atoms with Gasteiger partial charge in [-0.2, -0.15) is 0 Å². The second kappa shape index (κ2) is 58.0. The van der Waals surface area contributed by atoms with Gasteiger partial charge in [0.1, 0.15) is 19.3 Å². The van der Waals surface area contributed by atoms with E-state index >= 15 is 0 Å². The number of esters is 1. The fourth-order valence-electron chi connectivity index (χ4n) is 10.5. The van der Waals surface area contributed by atoms with Gasteiger partial charge in [0.25, 0.3) is 7.82 Å². The zero-order chi connectivity index (χ0) is 56.4. The first kappa shape index (κ1) is 75.8. The summed E-state index contributed by atoms with van der Waals surface area (Å²) in [4.78, 5) is 40.1. The first-order valence-electron chi connectivity index (χ1n) is 34.0. The number of carbonyl (C=O) groups is 2. The van der Waals surface area contributed by atoms with Crippen molar-refractivity contribution in [3.05, 3.63) is 12.2 Å². The fourth-order valence-corrected chi connectivity index (χ4v) is 11.2. The molecule has 10 heteroatoms. The van der Waals surface area contributed by atoms with Gasteiger partial charge < -0.3 is 28.5 Å². The number of phosphoric ester groups is 1. The number of hydrogen-bond acceptors (Lipinski definition) is 7. The van der Waals surface area contributed by atoms with E-state index in [-0.39, 0.29) is 31.5 Å². The Morgan fingerprint density at radius 1 is 0.442 bits per heavy atom. The van der Waals surface area contributed by atoms with Gasteiger partial charge in [-0.3, -0.25) is 14.2 Å². The number of carbonyl (C=O) groups excluding carboxylic acids is 2. The average Bonchev–Trinajstić information content (AvgIpc) is 3.39. The van der Waals surface area contributed by atoms with Crippen LogP contribution < -0.4 is 10.2 Å². The molecule has 0 aliphatic heterocycles. The van der Waals surface area contributed by atoms with Crippen molar-refractivity contribution in [1.82, 2.24) is 5.32 Å². The zero-order valence-corrected chi connectivity index (χ0v) is 53.3. The molecular weight excluding hydrogens is 976 g/mol. The minimum Gasteiger partial charge on any atom is -0.756 e. The highest BCUT2D eigenvalue weighted by Gasteiger charge is 2.27. The molecule has 0 rings (SSSR count). The van der Waals surface area contributed by atoms with E-state index in [0.717, 1.165) is 57.8 Å². The molecule has 0 bridgehead atoms. The van der Waals surface area contributed by atoms with Crippen LogP contribution in [0.25, 0.3) is 0 Å². The maximum atomic E-state index is 13.6. The van der Waals surface area contributed by atoms with Crippen LogP contribution in [0.15, 0.2) is 12.2 Å². The third kappa shape index (κ3) is 59.2. The summed E-state index contributed by atoms with van der Waals surface area (Å²) in [6, 6.07) is -0.879. The lowest BCUT2D eigenvalue weighted by atomic mass is 10.0. The number of amides is 1. The molecular formula is C67H133N2O7P. The lowest BCUT2D eigenvalue weighted by molar-refractivity contribution is -0.870. The van der Waals surface area contributed by atoms with Crippen LogP contribution in [0, 0.1) is 0 Å². The van der Waals surface area contributed by atoms with Crippen LogP contribution in [0.5, 0.6) is 0 Å². The van der Waals surface area contributed by atoms with Crippen molar-refractivity contribution in [2.24, 2.45) is 0 Å². The van der Waals surface area contributed by atoms with Crippen LogP contribution >= 0.6 is 7.82 Å².